The van der Waals surface area contributed by atoms with E-state index in [1.165, 1.54) is 0 Å². The molecule has 0 atom stereocenters. The number of nitrogens with one attached hydrogen (secondary N) is 1. The van der Waals surface area contributed by atoms with E-state index in [1.54, 1.807) is 12.1 Å². The number of fused-ring (bicyclic) bond motifs is 1. The van der Waals surface area contributed by atoms with Crippen LogP contribution in [0.4, 0.5) is 5.69 Å². The maximum atomic E-state index is 11.9. The molecule has 3 rings (SSSR count). The summed E-state index contributed by atoms with van der Waals surface area (Å²) >= 11 is 0. The van der Waals surface area contributed by atoms with E-state index < -0.39 is 5.97 Å². The van der Waals surface area contributed by atoms with Crippen LogP contribution in [0.5, 0.6) is 0 Å². The molecule has 4 nitrogen and oxygen atoms in total. The number of amides is 1. The van der Waals surface area contributed by atoms with Crippen LogP contribution in [0.3, 0.4) is 0 Å². The van der Waals surface area contributed by atoms with E-state index in [1.807, 2.05) is 24.3 Å². The summed E-state index contributed by atoms with van der Waals surface area (Å²) in [6, 6.07) is 10.8. The Balaban J connectivity index is 1.95. The van der Waals surface area contributed by atoms with Crippen LogP contribution in [-0.4, -0.2) is 17.0 Å². The van der Waals surface area contributed by atoms with Gasteiger partial charge >= 0.3 is 5.97 Å². The second-order valence-electron chi connectivity index (χ2n) is 5.25. The number of carbonyl (C=O) groups excluding carboxylic acids is 1. The SMILES string of the molecule is O=C(CC1CC1)Nc1cc2ccccc2cc1C(=O)O. The Kier molecular flexibility index (Phi) is 3.14. The predicted octanol–water partition coefficient (Wildman–Crippen LogP) is 3.28. The van der Waals surface area contributed by atoms with Gasteiger partial charge in [0, 0.05) is 6.42 Å². The molecule has 0 aromatic heterocycles. The van der Waals surface area contributed by atoms with Crippen LogP contribution in [0.1, 0.15) is 29.6 Å². The minimum atomic E-state index is -1.03. The van der Waals surface area contributed by atoms with Gasteiger partial charge in [0.05, 0.1) is 11.3 Å². The van der Waals surface area contributed by atoms with Crippen LogP contribution in [0.25, 0.3) is 10.8 Å². The Hall–Kier alpha value is -2.36. The monoisotopic (exact) mass is 269 g/mol. The van der Waals surface area contributed by atoms with Crippen molar-refractivity contribution in [2.45, 2.75) is 19.3 Å². The molecule has 20 heavy (non-hydrogen) atoms. The standard InChI is InChI=1S/C16H15NO3/c18-15(7-10-5-6-10)17-14-9-12-4-2-1-3-11(12)8-13(14)16(19)20/h1-4,8-10H,5-7H2,(H,17,18)(H,19,20). The normalized spacial score (nSPS) is 14.2. The largest absolute Gasteiger partial charge is 0.478 e. The average Bonchev–Trinajstić information content (AvgIpc) is 3.21. The zero-order valence-electron chi connectivity index (χ0n) is 10.9. The third-order valence-electron chi connectivity index (χ3n) is 3.56. The van der Waals surface area contributed by atoms with Crippen LogP contribution in [0.2, 0.25) is 0 Å². The van der Waals surface area contributed by atoms with Gasteiger partial charge in [-0.3, -0.25) is 4.79 Å². The third kappa shape index (κ3) is 2.64. The minimum absolute atomic E-state index is 0.106. The molecule has 1 amide bonds. The maximum Gasteiger partial charge on any atom is 0.337 e. The molecule has 0 aliphatic heterocycles. The summed E-state index contributed by atoms with van der Waals surface area (Å²) in [5, 5.41) is 13.8. The molecular weight excluding hydrogens is 254 g/mol. The molecule has 1 aliphatic rings. The number of rotatable bonds is 4. The second kappa shape index (κ2) is 4.96. The summed E-state index contributed by atoms with van der Waals surface area (Å²) in [4.78, 5) is 23.2. The summed E-state index contributed by atoms with van der Waals surface area (Å²) in [5.41, 5.74) is 0.509. The first kappa shape index (κ1) is 12.7. The molecule has 1 fully saturated rings. The lowest BCUT2D eigenvalue weighted by atomic mass is 10.0. The van der Waals surface area contributed by atoms with Gasteiger partial charge in [0.15, 0.2) is 0 Å². The smallest absolute Gasteiger partial charge is 0.337 e. The fraction of sp³-hybridized carbons (Fsp3) is 0.250. The summed E-state index contributed by atoms with van der Waals surface area (Å²) in [6.45, 7) is 0. The number of aromatic carboxylic acids is 1. The molecule has 2 aromatic rings. The highest BCUT2D eigenvalue weighted by molar-refractivity contribution is 6.05. The summed E-state index contributed by atoms with van der Waals surface area (Å²) in [7, 11) is 0. The van der Waals surface area contributed by atoms with Gasteiger partial charge in [-0.25, -0.2) is 4.79 Å². The Morgan fingerprint density at radius 3 is 2.40 bits per heavy atom. The highest BCUT2D eigenvalue weighted by Gasteiger charge is 2.25. The lowest BCUT2D eigenvalue weighted by Crippen LogP contribution is -2.15. The quantitative estimate of drug-likeness (QED) is 0.895. The molecule has 2 aromatic carbocycles. The van der Waals surface area contributed by atoms with Crippen LogP contribution in [-0.2, 0) is 4.79 Å². The van der Waals surface area contributed by atoms with Gasteiger partial charge < -0.3 is 10.4 Å². The zero-order chi connectivity index (χ0) is 14.1. The van der Waals surface area contributed by atoms with Crippen LogP contribution in [0, 0.1) is 5.92 Å². The Bertz CT molecular complexity index is 689. The van der Waals surface area contributed by atoms with Gasteiger partial charge in [0.2, 0.25) is 5.91 Å². The van der Waals surface area contributed by atoms with Crippen molar-refractivity contribution in [2.75, 3.05) is 5.32 Å². The highest BCUT2D eigenvalue weighted by atomic mass is 16.4. The number of hydrogen-bond donors (Lipinski definition) is 2. The van der Waals surface area contributed by atoms with Gasteiger partial charge in [0.1, 0.15) is 0 Å². The van der Waals surface area contributed by atoms with Crippen LogP contribution >= 0.6 is 0 Å². The van der Waals surface area contributed by atoms with Crippen molar-refractivity contribution in [3.8, 4) is 0 Å². The van der Waals surface area contributed by atoms with E-state index in [9.17, 15) is 14.7 Å². The van der Waals surface area contributed by atoms with Crippen LogP contribution < -0.4 is 5.32 Å². The van der Waals surface area contributed by atoms with E-state index >= 15 is 0 Å². The second-order valence-corrected chi connectivity index (χ2v) is 5.25. The topological polar surface area (TPSA) is 66.4 Å². The van der Waals surface area contributed by atoms with Crippen molar-refractivity contribution in [1.29, 1.82) is 0 Å². The molecule has 102 valence electrons. The third-order valence-corrected chi connectivity index (χ3v) is 3.56. The van der Waals surface area contributed by atoms with E-state index in [0.29, 0.717) is 18.0 Å². The minimum Gasteiger partial charge on any atom is -0.478 e. The lowest BCUT2D eigenvalue weighted by molar-refractivity contribution is -0.116. The van der Waals surface area contributed by atoms with Crippen molar-refractivity contribution in [3.05, 3.63) is 42.0 Å². The predicted molar refractivity (Wildman–Crippen MR) is 76.9 cm³/mol. The molecule has 0 unspecified atom stereocenters. The lowest BCUT2D eigenvalue weighted by Gasteiger charge is -2.10. The molecule has 1 saturated carbocycles. The number of benzene rings is 2. The Labute approximate surface area is 116 Å². The summed E-state index contributed by atoms with van der Waals surface area (Å²) in [6.07, 6.45) is 2.67. The van der Waals surface area contributed by atoms with E-state index in [4.69, 9.17) is 0 Å². The number of carboxylic acids is 1. The molecule has 0 spiro atoms. The van der Waals surface area contributed by atoms with Gasteiger partial charge in [-0.1, -0.05) is 24.3 Å². The molecule has 1 aliphatic carbocycles. The van der Waals surface area contributed by atoms with Crippen molar-refractivity contribution in [2.24, 2.45) is 5.92 Å². The number of carbonyl (C=O) groups is 2. The maximum absolute atomic E-state index is 11.9. The fourth-order valence-corrected chi connectivity index (χ4v) is 2.31. The summed E-state index contributed by atoms with van der Waals surface area (Å²) in [5.74, 6) is -0.661. The summed E-state index contributed by atoms with van der Waals surface area (Å²) < 4.78 is 0. The number of carboxylic acid groups (broad SMARTS) is 1. The molecule has 4 heteroatoms. The van der Waals surface area contributed by atoms with E-state index in [0.717, 1.165) is 23.6 Å². The molecule has 0 heterocycles. The van der Waals surface area contributed by atoms with Crippen molar-refractivity contribution < 1.29 is 14.7 Å². The first-order valence-corrected chi connectivity index (χ1v) is 6.69. The van der Waals surface area contributed by atoms with Crippen LogP contribution in [0.15, 0.2) is 36.4 Å². The Morgan fingerprint density at radius 1 is 1.15 bits per heavy atom. The van der Waals surface area contributed by atoms with E-state index in [2.05, 4.69) is 5.32 Å². The molecule has 0 bridgehead atoms. The number of anilines is 1. The molecule has 0 saturated heterocycles. The van der Waals surface area contributed by atoms with E-state index in [-0.39, 0.29) is 11.5 Å². The first-order chi connectivity index (χ1) is 9.63. The average molecular weight is 269 g/mol. The van der Waals surface area contributed by atoms with Crippen molar-refractivity contribution in [3.63, 3.8) is 0 Å². The van der Waals surface area contributed by atoms with Crippen molar-refractivity contribution >= 4 is 28.3 Å². The first-order valence-electron chi connectivity index (χ1n) is 6.69. The van der Waals surface area contributed by atoms with Gasteiger partial charge in [-0.2, -0.15) is 0 Å². The molecule has 2 N–H and O–H groups in total. The van der Waals surface area contributed by atoms with Gasteiger partial charge in [-0.05, 0) is 41.7 Å². The number of hydrogen-bond acceptors (Lipinski definition) is 2. The van der Waals surface area contributed by atoms with Gasteiger partial charge in [0.25, 0.3) is 0 Å². The zero-order valence-corrected chi connectivity index (χ0v) is 10.9. The van der Waals surface area contributed by atoms with Gasteiger partial charge in [-0.15, -0.1) is 0 Å². The Morgan fingerprint density at radius 2 is 1.80 bits per heavy atom. The molecular formula is C16H15NO3. The molecule has 0 radical (unpaired) electrons. The fourth-order valence-electron chi connectivity index (χ4n) is 2.31. The highest BCUT2D eigenvalue weighted by Crippen LogP contribution is 2.33. The van der Waals surface area contributed by atoms with Crippen molar-refractivity contribution in [1.82, 2.24) is 0 Å².